The quantitative estimate of drug-likeness (QED) is 0.867. The molecule has 2 rings (SSSR count). The monoisotopic (exact) mass is 259 g/mol. The van der Waals surface area contributed by atoms with Gasteiger partial charge in [-0.05, 0) is 33.0 Å². The predicted octanol–water partition coefficient (Wildman–Crippen LogP) is 2.62. The molecule has 2 aromatic rings. The number of hydrogen-bond donors (Lipinski definition) is 1. The zero-order valence-corrected chi connectivity index (χ0v) is 11.8. The van der Waals surface area contributed by atoms with E-state index in [4.69, 9.17) is 4.74 Å². The van der Waals surface area contributed by atoms with Crippen molar-refractivity contribution < 1.29 is 4.74 Å². The van der Waals surface area contributed by atoms with Crippen LogP contribution in [-0.4, -0.2) is 34.6 Å². The first kappa shape index (κ1) is 13.6. The zero-order valence-electron chi connectivity index (χ0n) is 11.8. The number of likely N-dealkylation sites (N-methyl/N-ethyl adjacent to an activating group) is 1. The molecule has 1 aromatic carbocycles. The first-order chi connectivity index (χ1) is 9.13. The molecule has 4 heteroatoms. The summed E-state index contributed by atoms with van der Waals surface area (Å²) in [6, 6.07) is 9.91. The largest absolute Gasteiger partial charge is 0.489 e. The Hall–Kier alpha value is -1.81. The van der Waals surface area contributed by atoms with Crippen molar-refractivity contribution in [2.75, 3.05) is 13.6 Å². The van der Waals surface area contributed by atoms with Gasteiger partial charge in [0.15, 0.2) is 0 Å². The molecule has 1 N–H and O–H groups in total. The van der Waals surface area contributed by atoms with E-state index < -0.39 is 0 Å². The Balaban J connectivity index is 1.80. The average molecular weight is 259 g/mol. The number of nitrogens with one attached hydrogen (secondary N) is 1. The summed E-state index contributed by atoms with van der Waals surface area (Å²) in [5.74, 6) is 1.91. The number of rotatable bonds is 6. The van der Waals surface area contributed by atoms with E-state index in [1.165, 1.54) is 0 Å². The predicted molar refractivity (Wildman–Crippen MR) is 76.2 cm³/mol. The molecule has 0 radical (unpaired) electrons. The first-order valence-corrected chi connectivity index (χ1v) is 6.54. The van der Waals surface area contributed by atoms with Crippen molar-refractivity contribution in [1.29, 1.82) is 0 Å². The molecule has 0 fully saturated rings. The summed E-state index contributed by atoms with van der Waals surface area (Å²) in [6.45, 7) is 5.75. The SMILES string of the molecule is Cc1cnc(CN(C)C[C@@H](C)Oc2ccccc2)[nH]1. The third-order valence-electron chi connectivity index (χ3n) is 2.82. The van der Waals surface area contributed by atoms with Crippen LogP contribution >= 0.6 is 0 Å². The van der Waals surface area contributed by atoms with E-state index in [0.29, 0.717) is 0 Å². The van der Waals surface area contributed by atoms with Gasteiger partial charge >= 0.3 is 0 Å². The number of nitrogens with zero attached hydrogens (tertiary/aromatic N) is 2. The number of imidazole rings is 1. The molecule has 0 bridgehead atoms. The average Bonchev–Trinajstić information content (AvgIpc) is 2.75. The van der Waals surface area contributed by atoms with Crippen molar-refractivity contribution in [3.8, 4) is 5.75 Å². The summed E-state index contributed by atoms with van der Waals surface area (Å²) < 4.78 is 5.86. The molecule has 0 spiro atoms. The van der Waals surface area contributed by atoms with Crippen molar-refractivity contribution in [2.24, 2.45) is 0 Å². The Bertz CT molecular complexity index is 495. The van der Waals surface area contributed by atoms with Crippen molar-refractivity contribution in [2.45, 2.75) is 26.5 Å². The molecule has 4 nitrogen and oxygen atoms in total. The van der Waals surface area contributed by atoms with Gasteiger partial charge in [-0.15, -0.1) is 0 Å². The Morgan fingerprint density at radius 3 is 2.68 bits per heavy atom. The van der Waals surface area contributed by atoms with Crippen LogP contribution in [0.2, 0.25) is 0 Å². The van der Waals surface area contributed by atoms with Gasteiger partial charge in [0.05, 0.1) is 6.54 Å². The summed E-state index contributed by atoms with van der Waals surface area (Å²) in [6.07, 6.45) is 2.00. The van der Waals surface area contributed by atoms with Gasteiger partial charge in [0.1, 0.15) is 17.7 Å². The highest BCUT2D eigenvalue weighted by atomic mass is 16.5. The van der Waals surface area contributed by atoms with Crippen LogP contribution in [0.15, 0.2) is 36.5 Å². The lowest BCUT2D eigenvalue weighted by Gasteiger charge is -2.21. The van der Waals surface area contributed by atoms with E-state index in [1.54, 1.807) is 0 Å². The second-order valence-electron chi connectivity index (χ2n) is 4.95. The Labute approximate surface area is 114 Å². The van der Waals surface area contributed by atoms with Crippen LogP contribution < -0.4 is 4.74 Å². The van der Waals surface area contributed by atoms with E-state index >= 15 is 0 Å². The van der Waals surface area contributed by atoms with Crippen LogP contribution in [0.4, 0.5) is 0 Å². The summed E-state index contributed by atoms with van der Waals surface area (Å²) in [5.41, 5.74) is 1.09. The summed E-state index contributed by atoms with van der Waals surface area (Å²) in [4.78, 5) is 9.75. The molecular formula is C15H21N3O. The van der Waals surface area contributed by atoms with Crippen molar-refractivity contribution in [3.05, 3.63) is 48.0 Å². The molecule has 0 unspecified atom stereocenters. The van der Waals surface area contributed by atoms with E-state index in [9.17, 15) is 0 Å². The number of aromatic amines is 1. The minimum Gasteiger partial charge on any atom is -0.489 e. The third kappa shape index (κ3) is 4.41. The number of ether oxygens (including phenoxy) is 1. The second kappa shape index (κ2) is 6.38. The molecule has 19 heavy (non-hydrogen) atoms. The number of aryl methyl sites for hydroxylation is 1. The standard InChI is InChI=1S/C15H21N3O/c1-12-9-16-15(17-12)11-18(3)10-13(2)19-14-7-5-4-6-8-14/h4-9,13H,10-11H2,1-3H3,(H,16,17)/t13-/m1/s1. The molecule has 1 heterocycles. The van der Waals surface area contributed by atoms with Crippen molar-refractivity contribution in [3.63, 3.8) is 0 Å². The van der Waals surface area contributed by atoms with Gasteiger partial charge in [0.2, 0.25) is 0 Å². The topological polar surface area (TPSA) is 41.2 Å². The van der Waals surface area contributed by atoms with Crippen LogP contribution in [0.3, 0.4) is 0 Å². The number of aromatic nitrogens is 2. The summed E-state index contributed by atoms with van der Waals surface area (Å²) >= 11 is 0. The van der Waals surface area contributed by atoms with E-state index in [1.807, 2.05) is 43.5 Å². The zero-order chi connectivity index (χ0) is 13.7. The highest BCUT2D eigenvalue weighted by Gasteiger charge is 2.09. The van der Waals surface area contributed by atoms with Crippen molar-refractivity contribution in [1.82, 2.24) is 14.9 Å². The fraction of sp³-hybridized carbons (Fsp3) is 0.400. The second-order valence-corrected chi connectivity index (χ2v) is 4.95. The van der Waals surface area contributed by atoms with E-state index in [0.717, 1.165) is 30.4 Å². The Morgan fingerprint density at radius 2 is 2.05 bits per heavy atom. The lowest BCUT2D eigenvalue weighted by molar-refractivity contribution is 0.157. The smallest absolute Gasteiger partial charge is 0.120 e. The minimum atomic E-state index is 0.142. The molecular weight excluding hydrogens is 238 g/mol. The molecule has 1 atom stereocenters. The molecule has 0 aliphatic heterocycles. The molecule has 0 saturated carbocycles. The molecule has 1 aromatic heterocycles. The van der Waals surface area contributed by atoms with Gasteiger partial charge < -0.3 is 9.72 Å². The molecule has 0 aliphatic carbocycles. The highest BCUT2D eigenvalue weighted by Crippen LogP contribution is 2.11. The maximum Gasteiger partial charge on any atom is 0.120 e. The van der Waals surface area contributed by atoms with Crippen LogP contribution in [0.5, 0.6) is 5.75 Å². The lowest BCUT2D eigenvalue weighted by atomic mass is 10.3. The van der Waals surface area contributed by atoms with Gasteiger partial charge in [0.25, 0.3) is 0 Å². The lowest BCUT2D eigenvalue weighted by Crippen LogP contribution is -2.30. The van der Waals surface area contributed by atoms with Crippen LogP contribution in [0, 0.1) is 6.92 Å². The summed E-state index contributed by atoms with van der Waals surface area (Å²) in [7, 11) is 2.07. The number of H-pyrrole nitrogens is 1. The number of para-hydroxylation sites is 1. The normalized spacial score (nSPS) is 12.6. The third-order valence-corrected chi connectivity index (χ3v) is 2.82. The van der Waals surface area contributed by atoms with Crippen LogP contribution in [0.25, 0.3) is 0 Å². The van der Waals surface area contributed by atoms with Gasteiger partial charge in [-0.1, -0.05) is 18.2 Å². The number of benzene rings is 1. The first-order valence-electron chi connectivity index (χ1n) is 6.54. The van der Waals surface area contributed by atoms with Gasteiger partial charge in [-0.3, -0.25) is 4.90 Å². The van der Waals surface area contributed by atoms with E-state index in [2.05, 4.69) is 28.8 Å². The molecule has 0 amide bonds. The molecule has 102 valence electrons. The minimum absolute atomic E-state index is 0.142. The van der Waals surface area contributed by atoms with Gasteiger partial charge in [-0.25, -0.2) is 4.98 Å². The maximum atomic E-state index is 5.86. The maximum absolute atomic E-state index is 5.86. The molecule has 0 aliphatic rings. The summed E-state index contributed by atoms with van der Waals surface area (Å²) in [5, 5.41) is 0. The fourth-order valence-corrected chi connectivity index (χ4v) is 2.08. The van der Waals surface area contributed by atoms with Gasteiger partial charge in [0, 0.05) is 18.4 Å². The van der Waals surface area contributed by atoms with Crippen LogP contribution in [0.1, 0.15) is 18.4 Å². The fourth-order valence-electron chi connectivity index (χ4n) is 2.08. The Morgan fingerprint density at radius 1 is 1.32 bits per heavy atom. The number of hydrogen-bond acceptors (Lipinski definition) is 3. The van der Waals surface area contributed by atoms with Gasteiger partial charge in [-0.2, -0.15) is 0 Å². The van der Waals surface area contributed by atoms with E-state index in [-0.39, 0.29) is 6.10 Å². The van der Waals surface area contributed by atoms with Crippen molar-refractivity contribution >= 4 is 0 Å². The van der Waals surface area contributed by atoms with Crippen LogP contribution in [-0.2, 0) is 6.54 Å². The highest BCUT2D eigenvalue weighted by molar-refractivity contribution is 5.21. The molecule has 0 saturated heterocycles. The Kier molecular flexibility index (Phi) is 4.58.